The zero-order valence-electron chi connectivity index (χ0n) is 17.1. The van der Waals surface area contributed by atoms with Gasteiger partial charge in [0, 0.05) is 25.3 Å². The van der Waals surface area contributed by atoms with Crippen LogP contribution in [0.5, 0.6) is 0 Å². The Morgan fingerprint density at radius 1 is 0.828 bits per heavy atom. The number of hydrogen-bond acceptors (Lipinski definition) is 6. The second-order valence-electron chi connectivity index (χ2n) is 6.46. The largest absolute Gasteiger partial charge is 0.705 e. The van der Waals surface area contributed by atoms with Gasteiger partial charge in [0.2, 0.25) is 0 Å². The molecule has 0 saturated carbocycles. The Morgan fingerprint density at radius 2 is 1.34 bits per heavy atom. The van der Waals surface area contributed by atoms with Crippen molar-refractivity contribution < 1.29 is 36.4 Å². The lowest BCUT2D eigenvalue weighted by atomic mass is 10.1. The van der Waals surface area contributed by atoms with Crippen molar-refractivity contribution >= 4 is 26.7 Å². The Bertz CT molecular complexity index is 665. The van der Waals surface area contributed by atoms with E-state index in [-0.39, 0.29) is 25.3 Å². The lowest BCUT2D eigenvalue weighted by Crippen LogP contribution is -2.50. The van der Waals surface area contributed by atoms with Crippen molar-refractivity contribution in [3.63, 3.8) is 0 Å². The minimum Gasteiger partial charge on any atom is -0.455 e. The van der Waals surface area contributed by atoms with Crippen LogP contribution in [0.25, 0.3) is 0 Å². The summed E-state index contributed by atoms with van der Waals surface area (Å²) in [5.41, 5.74) is 0.405. The zero-order valence-corrected chi connectivity index (χ0v) is 18.1. The van der Waals surface area contributed by atoms with E-state index in [0.717, 1.165) is 6.07 Å². The van der Waals surface area contributed by atoms with Crippen molar-refractivity contribution in [3.8, 4) is 0 Å². The molecular weight excluding hydrogens is 402 g/mol. The maximum absolute atomic E-state index is 13.7. The van der Waals surface area contributed by atoms with E-state index in [1.165, 1.54) is 12.1 Å². The van der Waals surface area contributed by atoms with Crippen LogP contribution in [0.4, 0.5) is 8.78 Å². The average molecular weight is 431 g/mol. The average Bonchev–Trinajstić information content (AvgIpc) is 2.68. The second kappa shape index (κ2) is 12.3. The Hall–Kier alpha value is -2.29. The summed E-state index contributed by atoms with van der Waals surface area (Å²) < 4.78 is 42.7. The molecule has 0 atom stereocenters. The molecule has 1 aromatic rings. The van der Waals surface area contributed by atoms with Crippen molar-refractivity contribution in [2.75, 3.05) is 0 Å². The molecule has 0 radical (unpaired) electrons. The fourth-order valence-electron chi connectivity index (χ4n) is 2.51. The van der Waals surface area contributed by atoms with Gasteiger partial charge in [-0.1, -0.05) is 33.3 Å². The van der Waals surface area contributed by atoms with Gasteiger partial charge in [-0.3, -0.25) is 14.4 Å². The summed E-state index contributed by atoms with van der Waals surface area (Å²) in [5, 5.41) is 0. The van der Waals surface area contributed by atoms with Gasteiger partial charge in [-0.2, -0.15) is 0 Å². The standard InChI is InChI=1S/C20H28F2O6Si/c1-4-18(23)26-29(27-19(24)5-2,28-20(25)6-3)13-9-7-8-10-15-11-12-16(21)14-17(15)22/h11-12,14H,4-10,13H2,1-3H3. The summed E-state index contributed by atoms with van der Waals surface area (Å²) in [7, 11) is -3.87. The number of aryl methyl sites for hydroxylation is 1. The maximum Gasteiger partial charge on any atom is 0.705 e. The molecule has 0 spiro atoms. The molecule has 162 valence electrons. The Labute approximate surface area is 170 Å². The summed E-state index contributed by atoms with van der Waals surface area (Å²) in [6.07, 6.45) is 2.16. The van der Waals surface area contributed by atoms with Crippen LogP contribution in [0.15, 0.2) is 18.2 Å². The lowest BCUT2D eigenvalue weighted by molar-refractivity contribution is -0.150. The van der Waals surface area contributed by atoms with Gasteiger partial charge in [0.25, 0.3) is 17.9 Å². The van der Waals surface area contributed by atoms with E-state index in [1.54, 1.807) is 20.8 Å². The molecule has 0 aliphatic rings. The van der Waals surface area contributed by atoms with Crippen LogP contribution in [-0.4, -0.2) is 26.7 Å². The monoisotopic (exact) mass is 430 g/mol. The van der Waals surface area contributed by atoms with Gasteiger partial charge >= 0.3 is 8.80 Å². The third-order valence-corrected chi connectivity index (χ3v) is 6.70. The van der Waals surface area contributed by atoms with Crippen LogP contribution < -0.4 is 0 Å². The molecule has 6 nitrogen and oxygen atoms in total. The third-order valence-electron chi connectivity index (χ3n) is 4.12. The van der Waals surface area contributed by atoms with Crippen LogP contribution >= 0.6 is 0 Å². The van der Waals surface area contributed by atoms with Crippen LogP contribution in [0.1, 0.15) is 64.9 Å². The van der Waals surface area contributed by atoms with Crippen LogP contribution in [0.2, 0.25) is 6.04 Å². The van der Waals surface area contributed by atoms with E-state index in [9.17, 15) is 23.2 Å². The third kappa shape index (κ3) is 8.72. The molecule has 1 rings (SSSR count). The van der Waals surface area contributed by atoms with E-state index in [0.29, 0.717) is 31.2 Å². The summed E-state index contributed by atoms with van der Waals surface area (Å²) in [6, 6.07) is 3.54. The first-order chi connectivity index (χ1) is 13.7. The normalized spacial score (nSPS) is 11.1. The van der Waals surface area contributed by atoms with Crippen molar-refractivity contribution in [2.24, 2.45) is 0 Å². The first-order valence-corrected chi connectivity index (χ1v) is 11.8. The predicted octanol–water partition coefficient (Wildman–Crippen LogP) is 4.48. The quantitative estimate of drug-likeness (QED) is 0.359. The molecule has 0 saturated heterocycles. The van der Waals surface area contributed by atoms with E-state index >= 15 is 0 Å². The van der Waals surface area contributed by atoms with Gasteiger partial charge < -0.3 is 13.3 Å². The minimum atomic E-state index is -3.87. The molecule has 1 aromatic carbocycles. The predicted molar refractivity (Wildman–Crippen MR) is 104 cm³/mol. The molecule has 0 aromatic heterocycles. The van der Waals surface area contributed by atoms with Crippen molar-refractivity contribution in [3.05, 3.63) is 35.4 Å². The number of benzene rings is 1. The first-order valence-electron chi connectivity index (χ1n) is 9.84. The number of unbranched alkanes of at least 4 members (excludes halogenated alkanes) is 2. The molecule has 0 bridgehead atoms. The van der Waals surface area contributed by atoms with E-state index < -0.39 is 38.3 Å². The first kappa shape index (κ1) is 24.7. The number of hydrogen-bond donors (Lipinski definition) is 0. The highest BCUT2D eigenvalue weighted by Crippen LogP contribution is 2.23. The molecule has 0 heterocycles. The lowest BCUT2D eigenvalue weighted by Gasteiger charge is -2.27. The summed E-state index contributed by atoms with van der Waals surface area (Å²) in [4.78, 5) is 35.6. The van der Waals surface area contributed by atoms with Crippen LogP contribution in [-0.2, 0) is 34.1 Å². The van der Waals surface area contributed by atoms with Gasteiger partial charge in [-0.15, -0.1) is 0 Å². The molecule has 9 heteroatoms. The highest BCUT2D eigenvalue weighted by Gasteiger charge is 2.52. The minimum absolute atomic E-state index is 0.0476. The van der Waals surface area contributed by atoms with Gasteiger partial charge in [-0.05, 0) is 30.9 Å². The molecule has 0 unspecified atom stereocenters. The SMILES string of the molecule is CCC(=O)O[Si](CCCCCc1ccc(F)cc1F)(OC(=O)CC)OC(=O)CC. The molecule has 0 aliphatic heterocycles. The molecule has 0 amide bonds. The molecule has 0 fully saturated rings. The Kier molecular flexibility index (Phi) is 10.5. The van der Waals surface area contributed by atoms with E-state index in [2.05, 4.69) is 0 Å². The molecule has 0 N–H and O–H groups in total. The number of carbonyl (C=O) groups excluding carboxylic acids is 3. The molecule has 29 heavy (non-hydrogen) atoms. The smallest absolute Gasteiger partial charge is 0.455 e. The van der Waals surface area contributed by atoms with E-state index in [4.69, 9.17) is 13.3 Å². The molecular formula is C20H28F2O6Si. The highest BCUT2D eigenvalue weighted by molar-refractivity contribution is 6.65. The maximum atomic E-state index is 13.7. The Morgan fingerprint density at radius 3 is 1.79 bits per heavy atom. The van der Waals surface area contributed by atoms with Gasteiger partial charge in [-0.25, -0.2) is 8.78 Å². The van der Waals surface area contributed by atoms with Crippen molar-refractivity contribution in [1.82, 2.24) is 0 Å². The number of halogens is 2. The van der Waals surface area contributed by atoms with Crippen molar-refractivity contribution in [2.45, 2.75) is 71.8 Å². The summed E-state index contributed by atoms with van der Waals surface area (Å²) in [5.74, 6) is -3.07. The summed E-state index contributed by atoms with van der Waals surface area (Å²) >= 11 is 0. The van der Waals surface area contributed by atoms with Crippen LogP contribution in [0, 0.1) is 11.6 Å². The van der Waals surface area contributed by atoms with Gasteiger partial charge in [0.15, 0.2) is 0 Å². The van der Waals surface area contributed by atoms with Gasteiger partial charge in [0.1, 0.15) is 11.6 Å². The van der Waals surface area contributed by atoms with Crippen LogP contribution in [0.3, 0.4) is 0 Å². The fourth-order valence-corrected chi connectivity index (χ4v) is 5.10. The number of rotatable bonds is 12. The van der Waals surface area contributed by atoms with Gasteiger partial charge in [0.05, 0.1) is 6.04 Å². The fraction of sp³-hybridized carbons (Fsp3) is 0.550. The zero-order chi connectivity index (χ0) is 21.9. The van der Waals surface area contributed by atoms with E-state index in [1.807, 2.05) is 0 Å². The Balaban J connectivity index is 2.76. The highest BCUT2D eigenvalue weighted by atomic mass is 28.4. The second-order valence-corrected chi connectivity index (χ2v) is 8.94. The molecule has 0 aliphatic carbocycles. The summed E-state index contributed by atoms with van der Waals surface area (Å²) in [6.45, 7) is 4.76. The number of carbonyl (C=O) groups is 3. The van der Waals surface area contributed by atoms with Crippen molar-refractivity contribution in [1.29, 1.82) is 0 Å². The topological polar surface area (TPSA) is 78.9 Å².